The SMILES string of the molecule is CN(C)CCCN(C)c1cncc(-c2cccc(C=Cc3nnn[nH]3)c2)n1. The summed E-state index contributed by atoms with van der Waals surface area (Å²) in [5, 5.41) is 13.7. The Morgan fingerprint density at radius 1 is 1.07 bits per heavy atom. The number of tetrazole rings is 1. The quantitative estimate of drug-likeness (QED) is 0.656. The molecule has 2 heterocycles. The molecule has 0 atom stereocenters. The number of hydrogen-bond acceptors (Lipinski definition) is 7. The number of nitrogens with one attached hydrogen (secondary N) is 1. The fourth-order valence-electron chi connectivity index (χ4n) is 2.63. The van der Waals surface area contributed by atoms with Gasteiger partial charge in [0, 0.05) is 19.2 Å². The molecule has 3 rings (SSSR count). The van der Waals surface area contributed by atoms with Crippen molar-refractivity contribution < 1.29 is 0 Å². The van der Waals surface area contributed by atoms with E-state index in [1.165, 1.54) is 0 Å². The van der Waals surface area contributed by atoms with Gasteiger partial charge in [0.2, 0.25) is 0 Å². The Hall–Kier alpha value is -3.13. The number of aromatic amines is 1. The molecule has 0 bridgehead atoms. The third-order valence-electron chi connectivity index (χ3n) is 4.09. The van der Waals surface area contributed by atoms with Crippen LogP contribution in [0.25, 0.3) is 23.4 Å². The fraction of sp³-hybridized carbons (Fsp3) is 0.316. The molecular weight excluding hydrogens is 340 g/mol. The maximum Gasteiger partial charge on any atom is 0.172 e. The van der Waals surface area contributed by atoms with Gasteiger partial charge in [-0.2, -0.15) is 0 Å². The first-order valence-corrected chi connectivity index (χ1v) is 8.82. The molecule has 0 aliphatic carbocycles. The van der Waals surface area contributed by atoms with Gasteiger partial charge in [0.15, 0.2) is 5.82 Å². The van der Waals surface area contributed by atoms with Crippen LogP contribution in [-0.4, -0.2) is 69.7 Å². The minimum absolute atomic E-state index is 0.613. The molecule has 0 saturated heterocycles. The second-order valence-corrected chi connectivity index (χ2v) is 6.59. The van der Waals surface area contributed by atoms with E-state index in [-0.39, 0.29) is 0 Å². The normalized spacial score (nSPS) is 11.4. The molecule has 27 heavy (non-hydrogen) atoms. The first kappa shape index (κ1) is 18.7. The van der Waals surface area contributed by atoms with E-state index in [1.807, 2.05) is 37.4 Å². The Balaban J connectivity index is 1.73. The molecule has 0 aliphatic heterocycles. The van der Waals surface area contributed by atoms with Crippen molar-refractivity contribution in [2.75, 3.05) is 39.1 Å². The molecule has 0 fully saturated rings. The summed E-state index contributed by atoms with van der Waals surface area (Å²) in [6.07, 6.45) is 8.46. The van der Waals surface area contributed by atoms with Crippen LogP contribution in [0.4, 0.5) is 5.82 Å². The number of aromatic nitrogens is 6. The number of benzene rings is 1. The van der Waals surface area contributed by atoms with Crippen LogP contribution in [0.1, 0.15) is 17.8 Å². The third-order valence-corrected chi connectivity index (χ3v) is 4.09. The number of rotatable bonds is 8. The van der Waals surface area contributed by atoms with E-state index in [2.05, 4.69) is 55.6 Å². The summed E-state index contributed by atoms with van der Waals surface area (Å²) < 4.78 is 0. The topological polar surface area (TPSA) is 86.7 Å². The zero-order valence-corrected chi connectivity index (χ0v) is 15.9. The van der Waals surface area contributed by atoms with E-state index in [0.717, 1.165) is 42.1 Å². The van der Waals surface area contributed by atoms with Gasteiger partial charge >= 0.3 is 0 Å². The monoisotopic (exact) mass is 364 g/mol. The van der Waals surface area contributed by atoms with Crippen LogP contribution >= 0.6 is 0 Å². The first-order valence-electron chi connectivity index (χ1n) is 8.82. The summed E-state index contributed by atoms with van der Waals surface area (Å²) in [7, 11) is 6.22. The smallest absolute Gasteiger partial charge is 0.172 e. The van der Waals surface area contributed by atoms with E-state index in [1.54, 1.807) is 12.4 Å². The molecular formula is C19H24N8. The summed E-state index contributed by atoms with van der Waals surface area (Å²) in [5.41, 5.74) is 2.91. The molecule has 8 heteroatoms. The maximum atomic E-state index is 4.78. The Kier molecular flexibility index (Phi) is 6.22. The maximum absolute atomic E-state index is 4.78. The largest absolute Gasteiger partial charge is 0.358 e. The summed E-state index contributed by atoms with van der Waals surface area (Å²) in [6.45, 7) is 1.98. The highest BCUT2D eigenvalue weighted by Gasteiger charge is 2.07. The highest BCUT2D eigenvalue weighted by Crippen LogP contribution is 2.21. The van der Waals surface area contributed by atoms with Crippen molar-refractivity contribution >= 4 is 18.0 Å². The molecule has 1 aromatic carbocycles. The molecule has 2 aromatic heterocycles. The predicted molar refractivity (Wildman–Crippen MR) is 107 cm³/mol. The van der Waals surface area contributed by atoms with Crippen LogP contribution in [0, 0.1) is 0 Å². The Labute approximate surface area is 159 Å². The highest BCUT2D eigenvalue weighted by atomic mass is 15.5. The lowest BCUT2D eigenvalue weighted by Gasteiger charge is -2.19. The minimum atomic E-state index is 0.613. The van der Waals surface area contributed by atoms with Crippen molar-refractivity contribution in [1.82, 2.24) is 35.5 Å². The average Bonchev–Trinajstić information content (AvgIpc) is 3.20. The molecule has 0 unspecified atom stereocenters. The molecule has 3 aromatic rings. The van der Waals surface area contributed by atoms with Crippen LogP contribution in [0.15, 0.2) is 36.7 Å². The van der Waals surface area contributed by atoms with Crippen molar-refractivity contribution in [2.45, 2.75) is 6.42 Å². The van der Waals surface area contributed by atoms with Crippen LogP contribution in [-0.2, 0) is 0 Å². The molecule has 0 radical (unpaired) electrons. The second kappa shape index (κ2) is 9.00. The van der Waals surface area contributed by atoms with Gasteiger partial charge in [-0.3, -0.25) is 4.98 Å². The molecule has 0 aliphatic rings. The molecule has 1 N–H and O–H groups in total. The van der Waals surface area contributed by atoms with Gasteiger partial charge in [0.1, 0.15) is 5.82 Å². The lowest BCUT2D eigenvalue weighted by atomic mass is 10.1. The number of anilines is 1. The van der Waals surface area contributed by atoms with Crippen molar-refractivity contribution in [3.63, 3.8) is 0 Å². The predicted octanol–water partition coefficient (Wildman–Crippen LogP) is 2.21. The summed E-state index contributed by atoms with van der Waals surface area (Å²) >= 11 is 0. The van der Waals surface area contributed by atoms with Gasteiger partial charge in [-0.25, -0.2) is 10.1 Å². The van der Waals surface area contributed by atoms with Crippen LogP contribution in [0.3, 0.4) is 0 Å². The molecule has 0 saturated carbocycles. The lowest BCUT2D eigenvalue weighted by molar-refractivity contribution is 0.401. The highest BCUT2D eigenvalue weighted by molar-refractivity contribution is 5.71. The molecule has 8 nitrogen and oxygen atoms in total. The van der Waals surface area contributed by atoms with Crippen LogP contribution < -0.4 is 4.90 Å². The van der Waals surface area contributed by atoms with Crippen molar-refractivity contribution in [2.24, 2.45) is 0 Å². The fourth-order valence-corrected chi connectivity index (χ4v) is 2.63. The van der Waals surface area contributed by atoms with E-state index in [9.17, 15) is 0 Å². The number of nitrogens with zero attached hydrogens (tertiary/aromatic N) is 7. The van der Waals surface area contributed by atoms with Crippen molar-refractivity contribution in [1.29, 1.82) is 0 Å². The van der Waals surface area contributed by atoms with Gasteiger partial charge < -0.3 is 9.80 Å². The van der Waals surface area contributed by atoms with Gasteiger partial charge in [0.05, 0.1) is 18.1 Å². The third kappa shape index (κ3) is 5.42. The van der Waals surface area contributed by atoms with Gasteiger partial charge in [0.25, 0.3) is 0 Å². The molecule has 0 spiro atoms. The Morgan fingerprint density at radius 2 is 1.96 bits per heavy atom. The van der Waals surface area contributed by atoms with Gasteiger partial charge in [-0.1, -0.05) is 24.3 Å². The van der Waals surface area contributed by atoms with E-state index < -0.39 is 0 Å². The van der Waals surface area contributed by atoms with Gasteiger partial charge in [-0.05, 0) is 55.2 Å². The van der Waals surface area contributed by atoms with E-state index in [4.69, 9.17) is 4.98 Å². The zero-order valence-electron chi connectivity index (χ0n) is 15.9. The van der Waals surface area contributed by atoms with Crippen LogP contribution in [0.2, 0.25) is 0 Å². The van der Waals surface area contributed by atoms with Crippen molar-refractivity contribution in [3.05, 3.63) is 48.0 Å². The van der Waals surface area contributed by atoms with Gasteiger partial charge in [-0.15, -0.1) is 5.10 Å². The second-order valence-electron chi connectivity index (χ2n) is 6.59. The Morgan fingerprint density at radius 3 is 2.74 bits per heavy atom. The minimum Gasteiger partial charge on any atom is -0.358 e. The number of H-pyrrole nitrogens is 1. The summed E-state index contributed by atoms with van der Waals surface area (Å²) in [4.78, 5) is 13.5. The number of hydrogen-bond donors (Lipinski definition) is 1. The zero-order chi connectivity index (χ0) is 19.1. The molecule has 140 valence electrons. The van der Waals surface area contributed by atoms with E-state index >= 15 is 0 Å². The lowest BCUT2D eigenvalue weighted by Crippen LogP contribution is -2.24. The van der Waals surface area contributed by atoms with E-state index in [0.29, 0.717) is 5.82 Å². The molecule has 0 amide bonds. The summed E-state index contributed by atoms with van der Waals surface area (Å²) in [6, 6.07) is 8.13. The summed E-state index contributed by atoms with van der Waals surface area (Å²) in [5.74, 6) is 1.49. The first-order chi connectivity index (χ1) is 13.1. The average molecular weight is 364 g/mol. The standard InChI is InChI=1S/C19H24N8/c1-26(2)10-5-11-27(3)19-14-20-13-17(21-19)16-7-4-6-15(12-16)8-9-18-22-24-25-23-18/h4,6-9,12-14H,5,10-11H2,1-3H3,(H,22,23,24,25). The van der Waals surface area contributed by atoms with Crippen molar-refractivity contribution in [3.8, 4) is 11.3 Å². The van der Waals surface area contributed by atoms with Crippen LogP contribution in [0.5, 0.6) is 0 Å². The Bertz CT molecular complexity index is 873.